The fourth-order valence-electron chi connectivity index (χ4n) is 2.88. The Kier molecular flexibility index (Phi) is 3.81. The van der Waals surface area contributed by atoms with Crippen LogP contribution in [-0.4, -0.2) is 42.3 Å². The summed E-state index contributed by atoms with van der Waals surface area (Å²) in [7, 11) is -3.02. The molecule has 0 N–H and O–H groups in total. The molecule has 0 spiro atoms. The number of benzene rings is 1. The van der Waals surface area contributed by atoms with Gasteiger partial charge in [0.25, 0.3) is 0 Å². The van der Waals surface area contributed by atoms with Crippen molar-refractivity contribution in [2.24, 2.45) is 4.99 Å². The molecule has 3 rings (SSSR count). The summed E-state index contributed by atoms with van der Waals surface area (Å²) in [5.41, 5.74) is 3.21. The van der Waals surface area contributed by atoms with Crippen molar-refractivity contribution in [1.29, 1.82) is 0 Å². The highest BCUT2D eigenvalue weighted by Crippen LogP contribution is 2.41. The molecule has 2 aliphatic rings. The Morgan fingerprint density at radius 3 is 2.64 bits per heavy atom. The van der Waals surface area contributed by atoms with Gasteiger partial charge in [0.05, 0.1) is 17.5 Å². The number of carbonyl (C=O) groups is 1. The van der Waals surface area contributed by atoms with Crippen LogP contribution in [0.15, 0.2) is 23.2 Å². The molecule has 2 atom stereocenters. The van der Waals surface area contributed by atoms with Crippen LogP contribution in [0.25, 0.3) is 0 Å². The third-order valence-corrected chi connectivity index (χ3v) is 7.30. The average molecular weight is 338 g/mol. The van der Waals surface area contributed by atoms with Crippen molar-refractivity contribution in [2.45, 2.75) is 32.1 Å². The van der Waals surface area contributed by atoms with E-state index in [2.05, 4.69) is 4.99 Å². The molecular weight excluding hydrogens is 320 g/mol. The SMILES string of the molecule is CC(=O)N=C1SC2CS(=O)(=O)CC2N1c1ccc(C)c(C)c1. The van der Waals surface area contributed by atoms with Crippen molar-refractivity contribution < 1.29 is 13.2 Å². The second-order valence-corrected chi connectivity index (χ2v) is 9.21. The number of hydrogen-bond donors (Lipinski definition) is 0. The van der Waals surface area contributed by atoms with Crippen LogP contribution in [0, 0.1) is 13.8 Å². The van der Waals surface area contributed by atoms with Crippen LogP contribution >= 0.6 is 11.8 Å². The number of fused-ring (bicyclic) bond motifs is 1. The van der Waals surface area contributed by atoms with E-state index in [1.807, 2.05) is 36.9 Å². The number of aryl methyl sites for hydroxylation is 2. The molecule has 22 heavy (non-hydrogen) atoms. The lowest BCUT2D eigenvalue weighted by atomic mass is 10.1. The number of rotatable bonds is 1. The molecule has 2 aliphatic heterocycles. The Hall–Kier alpha value is -1.34. The zero-order valence-electron chi connectivity index (χ0n) is 12.7. The summed E-state index contributed by atoms with van der Waals surface area (Å²) in [6, 6.07) is 5.86. The van der Waals surface area contributed by atoms with Crippen molar-refractivity contribution >= 4 is 38.4 Å². The van der Waals surface area contributed by atoms with E-state index in [0.29, 0.717) is 5.17 Å². The van der Waals surface area contributed by atoms with Crippen LogP contribution in [0.4, 0.5) is 5.69 Å². The Balaban J connectivity index is 2.06. The predicted molar refractivity (Wildman–Crippen MR) is 90.3 cm³/mol. The third kappa shape index (κ3) is 2.79. The molecule has 0 aromatic heterocycles. The van der Waals surface area contributed by atoms with Crippen LogP contribution in [0.5, 0.6) is 0 Å². The van der Waals surface area contributed by atoms with Crippen LogP contribution in [0.1, 0.15) is 18.1 Å². The Bertz CT molecular complexity index is 771. The molecule has 1 amide bonds. The average Bonchev–Trinajstić information content (AvgIpc) is 2.83. The zero-order valence-corrected chi connectivity index (χ0v) is 14.4. The summed E-state index contributed by atoms with van der Waals surface area (Å²) in [5, 5.41) is 0.561. The lowest BCUT2D eigenvalue weighted by Gasteiger charge is -2.25. The van der Waals surface area contributed by atoms with E-state index in [-0.39, 0.29) is 28.7 Å². The molecule has 0 aliphatic carbocycles. The quantitative estimate of drug-likeness (QED) is 0.783. The van der Waals surface area contributed by atoms with E-state index in [4.69, 9.17) is 0 Å². The topological polar surface area (TPSA) is 66.8 Å². The standard InChI is InChI=1S/C15H18N2O3S2/c1-9-4-5-12(6-10(9)2)17-13-7-22(19,20)8-14(13)21-15(17)16-11(3)18/h4-6,13-14H,7-8H2,1-3H3. The largest absolute Gasteiger partial charge is 0.316 e. The first-order valence-electron chi connectivity index (χ1n) is 7.10. The van der Waals surface area contributed by atoms with Crippen molar-refractivity contribution in [3.63, 3.8) is 0 Å². The van der Waals surface area contributed by atoms with E-state index >= 15 is 0 Å². The second kappa shape index (κ2) is 5.38. The first kappa shape index (κ1) is 15.6. The van der Waals surface area contributed by atoms with Gasteiger partial charge in [-0.05, 0) is 37.1 Å². The van der Waals surface area contributed by atoms with Gasteiger partial charge in [0.1, 0.15) is 0 Å². The molecule has 0 saturated carbocycles. The highest BCUT2D eigenvalue weighted by molar-refractivity contribution is 8.16. The van der Waals surface area contributed by atoms with Crippen molar-refractivity contribution in [3.8, 4) is 0 Å². The molecule has 1 aromatic rings. The number of thioether (sulfide) groups is 1. The number of aliphatic imine (C=N–C) groups is 1. The van der Waals surface area contributed by atoms with Gasteiger partial charge in [-0.25, -0.2) is 8.42 Å². The van der Waals surface area contributed by atoms with Crippen molar-refractivity contribution in [2.75, 3.05) is 16.4 Å². The number of hydrogen-bond acceptors (Lipinski definition) is 4. The van der Waals surface area contributed by atoms with E-state index in [1.54, 1.807) is 0 Å². The van der Waals surface area contributed by atoms with Crippen LogP contribution in [0.3, 0.4) is 0 Å². The minimum Gasteiger partial charge on any atom is -0.316 e. The van der Waals surface area contributed by atoms with Crippen LogP contribution < -0.4 is 4.90 Å². The van der Waals surface area contributed by atoms with Gasteiger partial charge in [-0.2, -0.15) is 4.99 Å². The number of sulfone groups is 1. The normalized spacial score (nSPS) is 28.1. The highest BCUT2D eigenvalue weighted by Gasteiger charge is 2.49. The Labute approximate surface area is 134 Å². The van der Waals surface area contributed by atoms with E-state index in [1.165, 1.54) is 24.2 Å². The van der Waals surface area contributed by atoms with Crippen LogP contribution in [-0.2, 0) is 14.6 Å². The highest BCUT2D eigenvalue weighted by atomic mass is 32.2. The van der Waals surface area contributed by atoms with Gasteiger partial charge in [0.15, 0.2) is 15.0 Å². The molecule has 7 heteroatoms. The smallest absolute Gasteiger partial charge is 0.244 e. The minimum atomic E-state index is -3.02. The Morgan fingerprint density at radius 1 is 1.27 bits per heavy atom. The summed E-state index contributed by atoms with van der Waals surface area (Å²) >= 11 is 1.40. The first-order valence-corrected chi connectivity index (χ1v) is 9.80. The summed E-state index contributed by atoms with van der Waals surface area (Å²) in [4.78, 5) is 17.4. The maximum atomic E-state index is 11.9. The molecule has 0 bridgehead atoms. The molecule has 118 valence electrons. The molecule has 2 heterocycles. The lowest BCUT2D eigenvalue weighted by molar-refractivity contribution is -0.115. The number of amidine groups is 1. The monoisotopic (exact) mass is 338 g/mol. The summed E-state index contributed by atoms with van der Waals surface area (Å²) in [6.07, 6.45) is 0. The minimum absolute atomic E-state index is 0.0512. The van der Waals surface area contributed by atoms with Crippen molar-refractivity contribution in [3.05, 3.63) is 29.3 Å². The van der Waals surface area contributed by atoms with E-state index in [9.17, 15) is 13.2 Å². The van der Waals surface area contributed by atoms with Gasteiger partial charge in [-0.3, -0.25) is 4.79 Å². The summed E-state index contributed by atoms with van der Waals surface area (Å²) in [5.74, 6) is 0.00827. The first-order chi connectivity index (χ1) is 10.3. The number of carbonyl (C=O) groups excluding carboxylic acids is 1. The number of nitrogens with zero attached hydrogens (tertiary/aromatic N) is 2. The summed E-state index contributed by atoms with van der Waals surface area (Å²) in [6.45, 7) is 5.47. The molecule has 0 radical (unpaired) electrons. The van der Waals surface area contributed by atoms with Crippen LogP contribution in [0.2, 0.25) is 0 Å². The van der Waals surface area contributed by atoms with Gasteiger partial charge in [0.2, 0.25) is 5.91 Å². The number of amides is 1. The van der Waals surface area contributed by atoms with E-state index < -0.39 is 9.84 Å². The van der Waals surface area contributed by atoms with Gasteiger partial charge >= 0.3 is 0 Å². The van der Waals surface area contributed by atoms with Gasteiger partial charge < -0.3 is 4.90 Å². The fourth-order valence-corrected chi connectivity index (χ4v) is 6.83. The second-order valence-electron chi connectivity index (χ2n) is 5.85. The van der Waals surface area contributed by atoms with E-state index in [0.717, 1.165) is 11.3 Å². The predicted octanol–water partition coefficient (Wildman–Crippen LogP) is 1.92. The van der Waals surface area contributed by atoms with Gasteiger partial charge in [-0.1, -0.05) is 17.8 Å². The molecule has 2 saturated heterocycles. The van der Waals surface area contributed by atoms with Gasteiger partial charge in [-0.15, -0.1) is 0 Å². The molecular formula is C15H18N2O3S2. The lowest BCUT2D eigenvalue weighted by Crippen LogP contribution is -2.37. The molecule has 2 fully saturated rings. The zero-order chi connectivity index (χ0) is 16.1. The summed E-state index contributed by atoms with van der Waals surface area (Å²) < 4.78 is 23.8. The van der Waals surface area contributed by atoms with Crippen molar-refractivity contribution in [1.82, 2.24) is 0 Å². The third-order valence-electron chi connectivity index (χ3n) is 4.09. The molecule has 2 unspecified atom stereocenters. The number of anilines is 1. The maximum absolute atomic E-state index is 11.9. The fraction of sp³-hybridized carbons (Fsp3) is 0.467. The molecule has 5 nitrogen and oxygen atoms in total. The Morgan fingerprint density at radius 2 is 2.00 bits per heavy atom. The maximum Gasteiger partial charge on any atom is 0.244 e. The molecule has 1 aromatic carbocycles. The van der Waals surface area contributed by atoms with Gasteiger partial charge in [0, 0.05) is 17.9 Å².